The Morgan fingerprint density at radius 3 is 2.73 bits per heavy atom. The van der Waals surface area contributed by atoms with Crippen LogP contribution in [0, 0.1) is 0 Å². The van der Waals surface area contributed by atoms with E-state index < -0.39 is 0 Å². The second kappa shape index (κ2) is 8.03. The summed E-state index contributed by atoms with van der Waals surface area (Å²) in [5, 5.41) is 3.19. The first-order valence-electron chi connectivity index (χ1n) is 10.3. The number of hydrogen-bond acceptors (Lipinski definition) is 3. The molecule has 0 fully saturated rings. The van der Waals surface area contributed by atoms with Crippen molar-refractivity contribution in [3.63, 3.8) is 0 Å². The van der Waals surface area contributed by atoms with Gasteiger partial charge in [-0.1, -0.05) is 54.6 Å². The first kappa shape index (κ1) is 18.4. The predicted octanol–water partition coefficient (Wildman–Crippen LogP) is 4.14. The minimum atomic E-state index is -0.238. The Morgan fingerprint density at radius 2 is 1.87 bits per heavy atom. The number of benzene rings is 3. The van der Waals surface area contributed by atoms with Gasteiger partial charge in [0.15, 0.2) is 0 Å². The predicted molar refractivity (Wildman–Crippen MR) is 116 cm³/mol. The van der Waals surface area contributed by atoms with Crippen LogP contribution in [0.1, 0.15) is 28.6 Å². The number of ether oxygens (including phenoxy) is 1. The van der Waals surface area contributed by atoms with Crippen LogP contribution in [0.25, 0.3) is 11.0 Å². The number of carbonyl (C=O) groups excluding carboxylic acids is 1. The zero-order valence-corrected chi connectivity index (χ0v) is 16.6. The summed E-state index contributed by atoms with van der Waals surface area (Å²) in [5.41, 5.74) is 5.18. The molecule has 4 aromatic rings. The van der Waals surface area contributed by atoms with Gasteiger partial charge in [-0.2, -0.15) is 0 Å². The van der Waals surface area contributed by atoms with E-state index in [4.69, 9.17) is 9.72 Å². The van der Waals surface area contributed by atoms with E-state index in [0.717, 1.165) is 46.8 Å². The minimum absolute atomic E-state index is 0.0330. The lowest BCUT2D eigenvalue weighted by Gasteiger charge is -2.17. The SMILES string of the molecule is O=C(Cc1ccc2c(c1)OCC2)N[C@H](Cc1ccccc1)c1nc2ccccc2[nH]1. The number of para-hydroxylation sites is 2. The van der Waals surface area contributed by atoms with Gasteiger partial charge >= 0.3 is 0 Å². The third-order valence-electron chi connectivity index (χ3n) is 5.48. The molecule has 1 atom stereocenters. The Balaban J connectivity index is 1.37. The fraction of sp³-hybridized carbons (Fsp3) is 0.200. The second-order valence-electron chi connectivity index (χ2n) is 7.67. The highest BCUT2D eigenvalue weighted by Crippen LogP contribution is 2.26. The van der Waals surface area contributed by atoms with Crippen molar-refractivity contribution in [2.45, 2.75) is 25.3 Å². The molecule has 1 amide bonds. The molecule has 0 spiro atoms. The van der Waals surface area contributed by atoms with Crippen molar-refractivity contribution in [1.29, 1.82) is 0 Å². The number of nitrogens with one attached hydrogen (secondary N) is 2. The normalized spacial score (nSPS) is 13.6. The van der Waals surface area contributed by atoms with Crippen LogP contribution in [0.3, 0.4) is 0 Å². The standard InChI is InChI=1S/C25H23N3O2/c29-24(16-18-10-11-19-12-13-30-23(19)15-18)26-22(14-17-6-2-1-3-7-17)25-27-20-8-4-5-9-21(20)28-25/h1-11,15,22H,12-14,16H2,(H,26,29)(H,27,28)/t22-/m1/s1. The number of rotatable bonds is 6. The minimum Gasteiger partial charge on any atom is -0.493 e. The molecule has 1 aromatic heterocycles. The molecule has 30 heavy (non-hydrogen) atoms. The topological polar surface area (TPSA) is 67.0 Å². The van der Waals surface area contributed by atoms with Crippen LogP contribution in [0.2, 0.25) is 0 Å². The molecule has 1 aliphatic heterocycles. The van der Waals surface area contributed by atoms with E-state index in [-0.39, 0.29) is 11.9 Å². The number of imidazole rings is 1. The lowest BCUT2D eigenvalue weighted by molar-refractivity contribution is -0.121. The third-order valence-corrected chi connectivity index (χ3v) is 5.48. The monoisotopic (exact) mass is 397 g/mol. The summed E-state index contributed by atoms with van der Waals surface area (Å²) >= 11 is 0. The number of nitrogens with zero attached hydrogens (tertiary/aromatic N) is 1. The van der Waals surface area contributed by atoms with Gasteiger partial charge in [0.2, 0.25) is 5.91 Å². The summed E-state index contributed by atoms with van der Waals surface area (Å²) in [7, 11) is 0. The first-order valence-corrected chi connectivity index (χ1v) is 10.3. The number of carbonyl (C=O) groups is 1. The zero-order valence-electron chi connectivity index (χ0n) is 16.6. The van der Waals surface area contributed by atoms with E-state index in [2.05, 4.69) is 28.5 Å². The van der Waals surface area contributed by atoms with Crippen LogP contribution in [0.5, 0.6) is 5.75 Å². The summed E-state index contributed by atoms with van der Waals surface area (Å²) in [6, 6.07) is 23.9. The molecule has 150 valence electrons. The number of hydrogen-bond donors (Lipinski definition) is 2. The van der Waals surface area contributed by atoms with E-state index in [1.165, 1.54) is 5.56 Å². The highest BCUT2D eigenvalue weighted by molar-refractivity contribution is 5.80. The van der Waals surface area contributed by atoms with Gasteiger partial charge in [-0.25, -0.2) is 4.98 Å². The van der Waals surface area contributed by atoms with E-state index in [1.807, 2.05) is 54.6 Å². The Kier molecular flexibility index (Phi) is 4.93. The van der Waals surface area contributed by atoms with Crippen LogP contribution >= 0.6 is 0 Å². The Hall–Kier alpha value is -3.60. The Labute approximate surface area is 175 Å². The molecule has 0 saturated heterocycles. The summed E-state index contributed by atoms with van der Waals surface area (Å²) in [5.74, 6) is 1.64. The van der Waals surface area contributed by atoms with E-state index >= 15 is 0 Å². The Morgan fingerprint density at radius 1 is 1.03 bits per heavy atom. The van der Waals surface area contributed by atoms with Gasteiger partial charge in [0.25, 0.3) is 0 Å². The number of amides is 1. The summed E-state index contributed by atoms with van der Waals surface area (Å²) in [4.78, 5) is 21.0. The lowest BCUT2D eigenvalue weighted by Crippen LogP contribution is -2.32. The number of aromatic nitrogens is 2. The maximum atomic E-state index is 12.9. The smallest absolute Gasteiger partial charge is 0.225 e. The molecule has 0 bridgehead atoms. The summed E-state index contributed by atoms with van der Waals surface area (Å²) in [6.07, 6.45) is 1.91. The van der Waals surface area contributed by atoms with Crippen LogP contribution in [-0.4, -0.2) is 22.5 Å². The molecule has 0 saturated carbocycles. The van der Waals surface area contributed by atoms with Crippen molar-refractivity contribution in [2.24, 2.45) is 0 Å². The van der Waals surface area contributed by atoms with Crippen molar-refractivity contribution in [2.75, 3.05) is 6.61 Å². The lowest BCUT2D eigenvalue weighted by atomic mass is 10.0. The van der Waals surface area contributed by atoms with Gasteiger partial charge in [0, 0.05) is 6.42 Å². The molecule has 5 rings (SSSR count). The van der Waals surface area contributed by atoms with E-state index in [9.17, 15) is 4.79 Å². The number of fused-ring (bicyclic) bond motifs is 2. The molecular formula is C25H23N3O2. The number of H-pyrrole nitrogens is 1. The summed E-state index contributed by atoms with van der Waals surface area (Å²) in [6.45, 7) is 0.718. The van der Waals surface area contributed by atoms with Crippen LogP contribution < -0.4 is 10.1 Å². The average molecular weight is 397 g/mol. The maximum absolute atomic E-state index is 12.9. The van der Waals surface area contributed by atoms with Gasteiger partial charge in [-0.05, 0) is 41.3 Å². The van der Waals surface area contributed by atoms with Gasteiger partial charge in [-0.3, -0.25) is 4.79 Å². The van der Waals surface area contributed by atoms with Crippen LogP contribution in [0.15, 0.2) is 72.8 Å². The highest BCUT2D eigenvalue weighted by atomic mass is 16.5. The fourth-order valence-corrected chi connectivity index (χ4v) is 3.95. The molecule has 0 unspecified atom stereocenters. The van der Waals surface area contributed by atoms with E-state index in [1.54, 1.807) is 0 Å². The fourth-order valence-electron chi connectivity index (χ4n) is 3.95. The molecule has 2 N–H and O–H groups in total. The maximum Gasteiger partial charge on any atom is 0.225 e. The van der Waals surface area contributed by atoms with Crippen molar-refractivity contribution in [3.8, 4) is 5.75 Å². The molecule has 0 radical (unpaired) electrons. The van der Waals surface area contributed by atoms with Crippen molar-refractivity contribution >= 4 is 16.9 Å². The average Bonchev–Trinajstić information content (AvgIpc) is 3.40. The van der Waals surface area contributed by atoms with Gasteiger partial charge in [-0.15, -0.1) is 0 Å². The van der Waals surface area contributed by atoms with Crippen LogP contribution in [-0.2, 0) is 24.1 Å². The van der Waals surface area contributed by atoms with Crippen molar-refractivity contribution < 1.29 is 9.53 Å². The first-order chi connectivity index (χ1) is 14.7. The Bertz CT molecular complexity index is 1150. The molecule has 2 heterocycles. The molecule has 3 aromatic carbocycles. The van der Waals surface area contributed by atoms with Gasteiger partial charge in [0.05, 0.1) is 30.1 Å². The van der Waals surface area contributed by atoms with Gasteiger partial charge in [0.1, 0.15) is 11.6 Å². The largest absolute Gasteiger partial charge is 0.493 e. The molecule has 1 aliphatic rings. The molecule has 5 nitrogen and oxygen atoms in total. The zero-order chi connectivity index (χ0) is 20.3. The van der Waals surface area contributed by atoms with Crippen molar-refractivity contribution in [1.82, 2.24) is 15.3 Å². The van der Waals surface area contributed by atoms with Gasteiger partial charge < -0.3 is 15.0 Å². The molecule has 5 heteroatoms. The number of aromatic amines is 1. The second-order valence-corrected chi connectivity index (χ2v) is 7.67. The van der Waals surface area contributed by atoms with E-state index in [0.29, 0.717) is 12.8 Å². The third kappa shape index (κ3) is 3.92. The summed E-state index contributed by atoms with van der Waals surface area (Å²) < 4.78 is 5.64. The van der Waals surface area contributed by atoms with Crippen LogP contribution in [0.4, 0.5) is 0 Å². The molecular weight excluding hydrogens is 374 g/mol. The van der Waals surface area contributed by atoms with Crippen molar-refractivity contribution in [3.05, 3.63) is 95.3 Å². The molecule has 0 aliphatic carbocycles. The quantitative estimate of drug-likeness (QED) is 0.514. The highest BCUT2D eigenvalue weighted by Gasteiger charge is 2.20.